The first-order chi connectivity index (χ1) is 9.70. The lowest BCUT2D eigenvalue weighted by Crippen LogP contribution is -2.31. The summed E-state index contributed by atoms with van der Waals surface area (Å²) in [6.07, 6.45) is 16.1. The van der Waals surface area contributed by atoms with Gasteiger partial charge in [-0.2, -0.15) is 0 Å². The van der Waals surface area contributed by atoms with Gasteiger partial charge in [-0.3, -0.25) is 4.79 Å². The Morgan fingerprint density at radius 2 is 1.55 bits per heavy atom. The Hall–Kier alpha value is -0.330. The third-order valence-electron chi connectivity index (χ3n) is 6.65. The van der Waals surface area contributed by atoms with Crippen molar-refractivity contribution in [3.05, 3.63) is 0 Å². The topological polar surface area (TPSA) is 17.1 Å². The van der Waals surface area contributed by atoms with Crippen LogP contribution in [-0.4, -0.2) is 5.78 Å². The van der Waals surface area contributed by atoms with E-state index in [4.69, 9.17) is 0 Å². The summed E-state index contributed by atoms with van der Waals surface area (Å²) in [5.41, 5.74) is 0. The molecular weight excluding hydrogens is 244 g/mol. The molecular formula is C19H32O. The standard InChI is InChI=1S/C19H32O/c1-14-2-4-15(5-3-14)6-7-16-8-9-18-13-19(20)11-10-17(18)12-16/h14-18H,2-13H2,1H3. The molecule has 0 bridgehead atoms. The first kappa shape index (κ1) is 14.6. The smallest absolute Gasteiger partial charge is 0.133 e. The van der Waals surface area contributed by atoms with Gasteiger partial charge in [-0.15, -0.1) is 0 Å². The molecule has 3 aliphatic rings. The van der Waals surface area contributed by atoms with Gasteiger partial charge >= 0.3 is 0 Å². The molecule has 0 amide bonds. The highest BCUT2D eigenvalue weighted by Crippen LogP contribution is 2.44. The van der Waals surface area contributed by atoms with Crippen molar-refractivity contribution in [3.63, 3.8) is 0 Å². The third-order valence-corrected chi connectivity index (χ3v) is 6.65. The number of hydrogen-bond acceptors (Lipinski definition) is 1. The maximum absolute atomic E-state index is 11.6. The van der Waals surface area contributed by atoms with Crippen molar-refractivity contribution in [1.29, 1.82) is 0 Å². The highest BCUT2D eigenvalue weighted by Gasteiger charge is 2.34. The summed E-state index contributed by atoms with van der Waals surface area (Å²) in [6.45, 7) is 2.42. The Labute approximate surface area is 124 Å². The molecule has 3 saturated carbocycles. The van der Waals surface area contributed by atoms with Gasteiger partial charge < -0.3 is 0 Å². The van der Waals surface area contributed by atoms with Crippen LogP contribution >= 0.6 is 0 Å². The van der Waals surface area contributed by atoms with Crippen molar-refractivity contribution >= 4 is 5.78 Å². The van der Waals surface area contributed by atoms with Crippen LogP contribution in [0.2, 0.25) is 0 Å². The lowest BCUT2D eigenvalue weighted by Gasteiger charge is -2.39. The molecule has 114 valence electrons. The van der Waals surface area contributed by atoms with Crippen LogP contribution in [0.25, 0.3) is 0 Å². The van der Waals surface area contributed by atoms with E-state index < -0.39 is 0 Å². The van der Waals surface area contributed by atoms with Gasteiger partial charge in [0.2, 0.25) is 0 Å². The van der Waals surface area contributed by atoms with E-state index >= 15 is 0 Å². The molecule has 0 spiro atoms. The van der Waals surface area contributed by atoms with Crippen molar-refractivity contribution in [2.75, 3.05) is 0 Å². The summed E-state index contributed by atoms with van der Waals surface area (Å²) in [4.78, 5) is 11.6. The lowest BCUT2D eigenvalue weighted by atomic mass is 9.66. The SMILES string of the molecule is CC1CCC(CCC2CCC3CC(=O)CCC3C2)CC1. The molecule has 20 heavy (non-hydrogen) atoms. The van der Waals surface area contributed by atoms with E-state index in [9.17, 15) is 4.79 Å². The predicted molar refractivity (Wildman–Crippen MR) is 83.5 cm³/mol. The molecule has 0 N–H and O–H groups in total. The maximum atomic E-state index is 11.6. The maximum Gasteiger partial charge on any atom is 0.133 e. The van der Waals surface area contributed by atoms with Gasteiger partial charge in [0, 0.05) is 12.8 Å². The van der Waals surface area contributed by atoms with Gasteiger partial charge in [0.1, 0.15) is 5.78 Å². The quantitative estimate of drug-likeness (QED) is 0.676. The summed E-state index contributed by atoms with van der Waals surface area (Å²) in [7, 11) is 0. The number of carbonyl (C=O) groups excluding carboxylic acids is 1. The molecule has 3 rings (SSSR count). The monoisotopic (exact) mass is 276 g/mol. The van der Waals surface area contributed by atoms with Crippen LogP contribution in [-0.2, 0) is 4.79 Å². The van der Waals surface area contributed by atoms with Crippen molar-refractivity contribution < 1.29 is 4.79 Å². The fourth-order valence-corrected chi connectivity index (χ4v) is 5.14. The van der Waals surface area contributed by atoms with E-state index in [-0.39, 0.29) is 0 Å². The molecule has 3 fully saturated rings. The molecule has 0 aromatic heterocycles. The summed E-state index contributed by atoms with van der Waals surface area (Å²) >= 11 is 0. The zero-order valence-electron chi connectivity index (χ0n) is 13.3. The van der Waals surface area contributed by atoms with E-state index in [1.165, 1.54) is 64.2 Å². The second kappa shape index (κ2) is 6.62. The first-order valence-electron chi connectivity index (χ1n) is 9.22. The molecule has 0 aliphatic heterocycles. The van der Waals surface area contributed by atoms with E-state index in [2.05, 4.69) is 6.92 Å². The Morgan fingerprint density at radius 3 is 2.35 bits per heavy atom. The van der Waals surface area contributed by atoms with Gasteiger partial charge in [-0.05, 0) is 48.9 Å². The Morgan fingerprint density at radius 1 is 0.850 bits per heavy atom. The van der Waals surface area contributed by atoms with Gasteiger partial charge in [0.25, 0.3) is 0 Å². The minimum atomic E-state index is 0.543. The number of hydrogen-bond donors (Lipinski definition) is 0. The highest BCUT2D eigenvalue weighted by atomic mass is 16.1. The molecule has 1 heteroatoms. The van der Waals surface area contributed by atoms with Crippen molar-refractivity contribution in [1.82, 2.24) is 0 Å². The van der Waals surface area contributed by atoms with Crippen LogP contribution in [0.4, 0.5) is 0 Å². The average Bonchev–Trinajstić information content (AvgIpc) is 2.46. The fraction of sp³-hybridized carbons (Fsp3) is 0.947. The minimum Gasteiger partial charge on any atom is -0.300 e. The van der Waals surface area contributed by atoms with Crippen molar-refractivity contribution in [3.8, 4) is 0 Å². The van der Waals surface area contributed by atoms with Gasteiger partial charge in [0.05, 0.1) is 0 Å². The second-order valence-corrected chi connectivity index (χ2v) is 8.18. The fourth-order valence-electron chi connectivity index (χ4n) is 5.14. The molecule has 0 radical (unpaired) electrons. The summed E-state index contributed by atoms with van der Waals surface area (Å²) < 4.78 is 0. The Kier molecular flexibility index (Phi) is 4.83. The van der Waals surface area contributed by atoms with Crippen molar-refractivity contribution in [2.45, 2.75) is 84.0 Å². The van der Waals surface area contributed by atoms with Gasteiger partial charge in [-0.25, -0.2) is 0 Å². The van der Waals surface area contributed by atoms with Crippen LogP contribution in [0.5, 0.6) is 0 Å². The first-order valence-corrected chi connectivity index (χ1v) is 9.22. The van der Waals surface area contributed by atoms with E-state index in [0.29, 0.717) is 5.78 Å². The number of fused-ring (bicyclic) bond motifs is 1. The molecule has 0 heterocycles. The normalized spacial score (nSPS) is 42.2. The number of Topliss-reactive ketones (excluding diaryl/α,β-unsaturated/α-hetero) is 1. The number of ketones is 1. The van der Waals surface area contributed by atoms with Crippen molar-refractivity contribution in [2.24, 2.45) is 29.6 Å². The molecule has 3 aliphatic carbocycles. The Bertz CT molecular complexity index is 327. The zero-order chi connectivity index (χ0) is 13.9. The molecule has 1 nitrogen and oxygen atoms in total. The van der Waals surface area contributed by atoms with Gasteiger partial charge in [-0.1, -0.05) is 51.9 Å². The summed E-state index contributed by atoms with van der Waals surface area (Å²) in [5, 5.41) is 0. The average molecular weight is 276 g/mol. The van der Waals surface area contributed by atoms with Gasteiger partial charge in [0.15, 0.2) is 0 Å². The van der Waals surface area contributed by atoms with Crippen LogP contribution < -0.4 is 0 Å². The lowest BCUT2D eigenvalue weighted by molar-refractivity contribution is -0.123. The molecule has 0 saturated heterocycles. The second-order valence-electron chi connectivity index (χ2n) is 8.18. The van der Waals surface area contributed by atoms with Crippen LogP contribution in [0.1, 0.15) is 84.0 Å². The zero-order valence-corrected chi connectivity index (χ0v) is 13.3. The molecule has 0 aromatic rings. The summed E-state index contributed by atoms with van der Waals surface area (Å²) in [5.74, 6) is 5.23. The molecule has 3 atom stereocenters. The molecule has 0 aromatic carbocycles. The van der Waals surface area contributed by atoms with Crippen LogP contribution in [0.15, 0.2) is 0 Å². The Balaban J connectivity index is 1.40. The van der Waals surface area contributed by atoms with E-state index in [0.717, 1.165) is 42.4 Å². The van der Waals surface area contributed by atoms with Crippen LogP contribution in [0, 0.1) is 29.6 Å². The number of rotatable bonds is 3. The largest absolute Gasteiger partial charge is 0.300 e. The minimum absolute atomic E-state index is 0.543. The van der Waals surface area contributed by atoms with E-state index in [1.807, 2.05) is 0 Å². The highest BCUT2D eigenvalue weighted by molar-refractivity contribution is 5.79. The van der Waals surface area contributed by atoms with E-state index in [1.54, 1.807) is 0 Å². The predicted octanol–water partition coefficient (Wildman–Crippen LogP) is 5.38. The molecule has 3 unspecified atom stereocenters. The summed E-state index contributed by atoms with van der Waals surface area (Å²) in [6, 6.07) is 0. The third kappa shape index (κ3) is 3.65. The van der Waals surface area contributed by atoms with Crippen LogP contribution in [0.3, 0.4) is 0 Å². The number of carbonyl (C=O) groups is 1.